The first-order valence-electron chi connectivity index (χ1n) is 5.98. The molecule has 0 fully saturated rings. The van der Waals surface area contributed by atoms with Gasteiger partial charge in [-0.15, -0.1) is 0 Å². The van der Waals surface area contributed by atoms with Gasteiger partial charge in [-0.3, -0.25) is 0 Å². The van der Waals surface area contributed by atoms with Crippen molar-refractivity contribution in [3.05, 3.63) is 34.6 Å². The van der Waals surface area contributed by atoms with E-state index >= 15 is 0 Å². The van der Waals surface area contributed by atoms with Crippen molar-refractivity contribution >= 4 is 0 Å². The van der Waals surface area contributed by atoms with E-state index in [1.807, 2.05) is 0 Å². The summed E-state index contributed by atoms with van der Waals surface area (Å²) >= 11 is 0. The number of hydrogen-bond acceptors (Lipinski definition) is 0. The zero-order chi connectivity index (χ0) is 13.7. The molecule has 1 atom stereocenters. The Kier molecular flexibility index (Phi) is 2.95. The fourth-order valence-electron chi connectivity index (χ4n) is 3.14. The molecule has 0 heterocycles. The van der Waals surface area contributed by atoms with Crippen LogP contribution in [0.5, 0.6) is 0 Å². The molecule has 0 spiro atoms. The standard InChI is InChI=1S/C14H16F4/c1-8-11(15)5-4-9-6-10(14(16,17)18)7-13(2,3)12(8)9/h4-5,10H,6-7H2,1-3H3. The normalized spacial score (nSPS) is 22.7. The summed E-state index contributed by atoms with van der Waals surface area (Å²) in [5, 5.41) is 0. The predicted molar refractivity (Wildman–Crippen MR) is 62.0 cm³/mol. The van der Waals surface area contributed by atoms with E-state index in [-0.39, 0.29) is 18.7 Å². The van der Waals surface area contributed by atoms with Gasteiger partial charge in [-0.2, -0.15) is 13.2 Å². The van der Waals surface area contributed by atoms with Crippen molar-refractivity contribution in [1.82, 2.24) is 0 Å². The summed E-state index contributed by atoms with van der Waals surface area (Å²) in [5.74, 6) is -1.67. The third-order valence-electron chi connectivity index (χ3n) is 3.85. The van der Waals surface area contributed by atoms with Gasteiger partial charge in [0.2, 0.25) is 0 Å². The average molecular weight is 260 g/mol. The molecule has 0 amide bonds. The molecule has 4 heteroatoms. The highest BCUT2D eigenvalue weighted by Crippen LogP contribution is 2.46. The van der Waals surface area contributed by atoms with E-state index in [9.17, 15) is 17.6 Å². The van der Waals surface area contributed by atoms with Crippen LogP contribution in [0.25, 0.3) is 0 Å². The van der Waals surface area contributed by atoms with Gasteiger partial charge in [-0.1, -0.05) is 19.9 Å². The van der Waals surface area contributed by atoms with Crippen LogP contribution in [0.4, 0.5) is 17.6 Å². The number of hydrogen-bond donors (Lipinski definition) is 0. The lowest BCUT2D eigenvalue weighted by molar-refractivity contribution is -0.181. The SMILES string of the molecule is Cc1c(F)ccc2c1C(C)(C)CC(C(F)(F)F)C2. The molecule has 0 bridgehead atoms. The van der Waals surface area contributed by atoms with Crippen LogP contribution in [-0.4, -0.2) is 6.18 Å². The monoisotopic (exact) mass is 260 g/mol. The van der Waals surface area contributed by atoms with Crippen molar-refractivity contribution in [3.63, 3.8) is 0 Å². The lowest BCUT2D eigenvalue weighted by atomic mass is 9.67. The van der Waals surface area contributed by atoms with Gasteiger partial charge < -0.3 is 0 Å². The van der Waals surface area contributed by atoms with Gasteiger partial charge in [0.1, 0.15) is 5.82 Å². The molecule has 1 aliphatic rings. The van der Waals surface area contributed by atoms with Gasteiger partial charge >= 0.3 is 6.18 Å². The largest absolute Gasteiger partial charge is 0.392 e. The van der Waals surface area contributed by atoms with E-state index in [2.05, 4.69) is 0 Å². The summed E-state index contributed by atoms with van der Waals surface area (Å²) in [6.07, 6.45) is -4.20. The molecule has 0 nitrogen and oxygen atoms in total. The average Bonchev–Trinajstić information content (AvgIpc) is 2.20. The molecule has 1 unspecified atom stereocenters. The van der Waals surface area contributed by atoms with Crippen molar-refractivity contribution in [2.45, 2.75) is 45.2 Å². The van der Waals surface area contributed by atoms with Gasteiger partial charge in [0.15, 0.2) is 0 Å². The second kappa shape index (κ2) is 3.97. The van der Waals surface area contributed by atoms with Gasteiger partial charge in [0.05, 0.1) is 5.92 Å². The lowest BCUT2D eigenvalue weighted by Gasteiger charge is -2.39. The zero-order valence-electron chi connectivity index (χ0n) is 10.7. The van der Waals surface area contributed by atoms with E-state index < -0.39 is 17.5 Å². The molecule has 1 aromatic rings. The minimum absolute atomic E-state index is 0.0216. The molecule has 0 N–H and O–H groups in total. The summed E-state index contributed by atoms with van der Waals surface area (Å²) in [6, 6.07) is 2.76. The van der Waals surface area contributed by atoms with Crippen molar-refractivity contribution in [2.75, 3.05) is 0 Å². The third-order valence-corrected chi connectivity index (χ3v) is 3.85. The Morgan fingerprint density at radius 1 is 1.22 bits per heavy atom. The van der Waals surface area contributed by atoms with E-state index in [1.165, 1.54) is 12.1 Å². The van der Waals surface area contributed by atoms with Crippen molar-refractivity contribution in [1.29, 1.82) is 0 Å². The van der Waals surface area contributed by atoms with E-state index in [0.717, 1.165) is 5.56 Å². The first kappa shape index (κ1) is 13.4. The second-order valence-corrected chi connectivity index (χ2v) is 5.74. The van der Waals surface area contributed by atoms with Crippen molar-refractivity contribution < 1.29 is 17.6 Å². The number of halogens is 4. The molecule has 2 rings (SSSR count). The van der Waals surface area contributed by atoms with Crippen LogP contribution in [0.1, 0.15) is 37.0 Å². The maximum absolute atomic E-state index is 13.6. The Balaban J connectivity index is 2.53. The third kappa shape index (κ3) is 2.13. The molecule has 18 heavy (non-hydrogen) atoms. The highest BCUT2D eigenvalue weighted by Gasteiger charge is 2.46. The maximum atomic E-state index is 13.6. The van der Waals surface area contributed by atoms with Gasteiger partial charge in [-0.05, 0) is 47.9 Å². The Hall–Kier alpha value is -1.06. The fourth-order valence-corrected chi connectivity index (χ4v) is 3.14. The van der Waals surface area contributed by atoms with E-state index in [4.69, 9.17) is 0 Å². The second-order valence-electron chi connectivity index (χ2n) is 5.74. The Bertz CT molecular complexity index is 471. The first-order valence-corrected chi connectivity index (χ1v) is 5.98. The molecule has 0 radical (unpaired) electrons. The molecule has 0 aromatic heterocycles. The van der Waals surface area contributed by atoms with Crippen LogP contribution in [-0.2, 0) is 11.8 Å². The van der Waals surface area contributed by atoms with Crippen LogP contribution in [0.3, 0.4) is 0 Å². The highest BCUT2D eigenvalue weighted by molar-refractivity contribution is 5.43. The van der Waals surface area contributed by atoms with Crippen LogP contribution >= 0.6 is 0 Å². The topological polar surface area (TPSA) is 0 Å². The summed E-state index contributed by atoms with van der Waals surface area (Å²) < 4.78 is 52.2. The summed E-state index contributed by atoms with van der Waals surface area (Å²) in [4.78, 5) is 0. The zero-order valence-corrected chi connectivity index (χ0v) is 10.7. The van der Waals surface area contributed by atoms with E-state index in [0.29, 0.717) is 11.1 Å². The summed E-state index contributed by atoms with van der Waals surface area (Å²) in [5.41, 5.74) is 1.23. The Labute approximate surface area is 104 Å². The molecule has 0 saturated heterocycles. The van der Waals surface area contributed by atoms with Crippen molar-refractivity contribution in [3.8, 4) is 0 Å². The quantitative estimate of drug-likeness (QED) is 0.601. The summed E-state index contributed by atoms with van der Waals surface area (Å²) in [7, 11) is 0. The molecule has 100 valence electrons. The number of rotatable bonds is 0. The predicted octanol–water partition coefficient (Wildman–Crippen LogP) is 4.54. The summed E-state index contributed by atoms with van der Waals surface area (Å²) in [6.45, 7) is 5.16. The van der Waals surface area contributed by atoms with Gasteiger partial charge in [0, 0.05) is 0 Å². The molecule has 1 aromatic carbocycles. The highest BCUT2D eigenvalue weighted by atomic mass is 19.4. The van der Waals surface area contributed by atoms with Gasteiger partial charge in [-0.25, -0.2) is 4.39 Å². The van der Waals surface area contributed by atoms with Crippen LogP contribution in [0.15, 0.2) is 12.1 Å². The maximum Gasteiger partial charge on any atom is 0.392 e. The number of fused-ring (bicyclic) bond motifs is 1. The van der Waals surface area contributed by atoms with Gasteiger partial charge in [0.25, 0.3) is 0 Å². The van der Waals surface area contributed by atoms with Crippen molar-refractivity contribution in [2.24, 2.45) is 5.92 Å². The van der Waals surface area contributed by atoms with Crippen LogP contribution in [0, 0.1) is 18.7 Å². The Morgan fingerprint density at radius 2 is 1.83 bits per heavy atom. The fraction of sp³-hybridized carbons (Fsp3) is 0.571. The molecular weight excluding hydrogens is 244 g/mol. The first-order chi connectivity index (χ1) is 8.13. The number of alkyl halides is 3. The molecule has 1 aliphatic carbocycles. The minimum atomic E-state index is -4.18. The van der Waals surface area contributed by atoms with Crippen LogP contribution < -0.4 is 0 Å². The lowest BCUT2D eigenvalue weighted by Crippen LogP contribution is -2.38. The smallest absolute Gasteiger partial charge is 0.207 e. The number of benzene rings is 1. The molecule has 0 saturated carbocycles. The molecule has 0 aliphatic heterocycles. The van der Waals surface area contributed by atoms with E-state index in [1.54, 1.807) is 20.8 Å². The Morgan fingerprint density at radius 3 is 2.39 bits per heavy atom. The molecular formula is C14H16F4. The minimum Gasteiger partial charge on any atom is -0.207 e. The van der Waals surface area contributed by atoms with Crippen LogP contribution in [0.2, 0.25) is 0 Å².